The van der Waals surface area contributed by atoms with Crippen molar-refractivity contribution < 1.29 is 10.0 Å². The van der Waals surface area contributed by atoms with Crippen molar-refractivity contribution in [3.05, 3.63) is 38.3 Å². The number of halogens is 1. The van der Waals surface area contributed by atoms with Gasteiger partial charge in [0.1, 0.15) is 0 Å². The Balaban J connectivity index is 2.80. The zero-order chi connectivity index (χ0) is 13.8. The summed E-state index contributed by atoms with van der Waals surface area (Å²) < 4.78 is 0.469. The quantitative estimate of drug-likeness (QED) is 0.625. The van der Waals surface area contributed by atoms with E-state index >= 15 is 0 Å². The molecule has 0 saturated carbocycles. The third-order valence-electron chi connectivity index (χ3n) is 3.06. The van der Waals surface area contributed by atoms with E-state index in [1.54, 1.807) is 6.07 Å². The minimum absolute atomic E-state index is 0.0299. The molecule has 1 atom stereocenters. The van der Waals surface area contributed by atoms with Gasteiger partial charge in [0.25, 0.3) is 5.69 Å². The predicted molar refractivity (Wildman–Crippen MR) is 73.4 cm³/mol. The number of hydrogen-bond acceptors (Lipinski definition) is 4. The lowest BCUT2D eigenvalue weighted by molar-refractivity contribution is -0.385. The molecule has 6 heteroatoms. The fourth-order valence-corrected chi connectivity index (χ4v) is 1.81. The largest absolute Gasteiger partial charge is 0.394 e. The van der Waals surface area contributed by atoms with Gasteiger partial charge in [-0.25, -0.2) is 0 Å². The number of nitrogens with one attached hydrogen (secondary N) is 1. The lowest BCUT2D eigenvalue weighted by atomic mass is 10.00. The van der Waals surface area contributed by atoms with Crippen LogP contribution in [0.15, 0.2) is 22.7 Å². The van der Waals surface area contributed by atoms with E-state index in [2.05, 4.69) is 21.2 Å². The fraction of sp³-hybridized carbons (Fsp3) is 0.500. The first-order chi connectivity index (χ1) is 8.41. The van der Waals surface area contributed by atoms with Crippen LogP contribution in [0.2, 0.25) is 0 Å². The summed E-state index contributed by atoms with van der Waals surface area (Å²) in [6.45, 7) is 4.41. The van der Waals surface area contributed by atoms with Crippen molar-refractivity contribution in [3.8, 4) is 0 Å². The van der Waals surface area contributed by atoms with Gasteiger partial charge in [0.05, 0.1) is 16.0 Å². The standard InChI is InChI=1S/C12H17BrN2O3/c1-3-12(2,8-16)14-7-9-4-5-10(13)11(6-9)15(17)18/h4-6,14,16H,3,7-8H2,1-2H3. The maximum atomic E-state index is 10.8. The van der Waals surface area contributed by atoms with Crippen molar-refractivity contribution in [1.29, 1.82) is 0 Å². The fourth-order valence-electron chi connectivity index (χ4n) is 1.42. The molecule has 0 fully saturated rings. The minimum Gasteiger partial charge on any atom is -0.394 e. The summed E-state index contributed by atoms with van der Waals surface area (Å²) in [5.41, 5.74) is 0.511. The van der Waals surface area contributed by atoms with Gasteiger partial charge >= 0.3 is 0 Å². The van der Waals surface area contributed by atoms with Crippen molar-refractivity contribution in [2.45, 2.75) is 32.4 Å². The van der Waals surface area contributed by atoms with E-state index in [-0.39, 0.29) is 17.8 Å². The van der Waals surface area contributed by atoms with Gasteiger partial charge in [-0.15, -0.1) is 0 Å². The van der Waals surface area contributed by atoms with E-state index in [1.807, 2.05) is 19.9 Å². The first kappa shape index (κ1) is 15.1. The lowest BCUT2D eigenvalue weighted by Gasteiger charge is -2.27. The summed E-state index contributed by atoms with van der Waals surface area (Å²) >= 11 is 3.15. The van der Waals surface area contributed by atoms with E-state index in [0.29, 0.717) is 11.0 Å². The van der Waals surface area contributed by atoms with Crippen LogP contribution in [0, 0.1) is 10.1 Å². The maximum absolute atomic E-state index is 10.8. The molecule has 1 unspecified atom stereocenters. The number of nitro benzene ring substituents is 1. The molecule has 0 aromatic heterocycles. The summed E-state index contributed by atoms with van der Waals surface area (Å²) in [6, 6.07) is 5.01. The zero-order valence-corrected chi connectivity index (χ0v) is 12.0. The third kappa shape index (κ3) is 3.76. The summed E-state index contributed by atoms with van der Waals surface area (Å²) in [5.74, 6) is 0. The van der Waals surface area contributed by atoms with Crippen LogP contribution in [0.1, 0.15) is 25.8 Å². The van der Waals surface area contributed by atoms with Crippen molar-refractivity contribution in [1.82, 2.24) is 5.32 Å². The molecule has 0 bridgehead atoms. The molecule has 0 aliphatic heterocycles. The summed E-state index contributed by atoms with van der Waals surface area (Å²) in [5, 5.41) is 23.3. The highest BCUT2D eigenvalue weighted by molar-refractivity contribution is 9.10. The molecule has 5 nitrogen and oxygen atoms in total. The highest BCUT2D eigenvalue weighted by Gasteiger charge is 2.20. The molecular formula is C12H17BrN2O3. The van der Waals surface area contributed by atoms with Crippen LogP contribution in [-0.4, -0.2) is 22.2 Å². The van der Waals surface area contributed by atoms with Crippen molar-refractivity contribution in [2.24, 2.45) is 0 Å². The van der Waals surface area contributed by atoms with Gasteiger partial charge in [-0.05, 0) is 40.9 Å². The number of aliphatic hydroxyl groups excluding tert-OH is 1. The molecule has 0 aliphatic rings. The summed E-state index contributed by atoms with van der Waals surface area (Å²) in [7, 11) is 0. The second-order valence-electron chi connectivity index (χ2n) is 4.47. The van der Waals surface area contributed by atoms with Crippen LogP contribution in [0.4, 0.5) is 5.69 Å². The Labute approximate surface area is 114 Å². The van der Waals surface area contributed by atoms with E-state index in [0.717, 1.165) is 12.0 Å². The Bertz CT molecular complexity index is 433. The number of aliphatic hydroxyl groups is 1. The minimum atomic E-state index is -0.418. The molecule has 1 aromatic rings. The molecule has 0 aliphatic carbocycles. The third-order valence-corrected chi connectivity index (χ3v) is 3.73. The molecule has 100 valence electrons. The Hall–Kier alpha value is -0.980. The van der Waals surface area contributed by atoms with Crippen molar-refractivity contribution in [3.63, 3.8) is 0 Å². The summed E-state index contributed by atoms with van der Waals surface area (Å²) in [6.07, 6.45) is 0.780. The van der Waals surface area contributed by atoms with E-state index in [1.165, 1.54) is 6.07 Å². The Morgan fingerprint density at radius 3 is 2.72 bits per heavy atom. The molecule has 1 aromatic carbocycles. The van der Waals surface area contributed by atoms with Crippen LogP contribution < -0.4 is 5.32 Å². The van der Waals surface area contributed by atoms with Crippen LogP contribution in [0.5, 0.6) is 0 Å². The van der Waals surface area contributed by atoms with Gasteiger partial charge in [-0.1, -0.05) is 13.0 Å². The SMILES string of the molecule is CCC(C)(CO)NCc1ccc(Br)c([N+](=O)[O-])c1. The van der Waals surface area contributed by atoms with Crippen LogP contribution >= 0.6 is 15.9 Å². The van der Waals surface area contributed by atoms with Crippen molar-refractivity contribution >= 4 is 21.6 Å². The topological polar surface area (TPSA) is 75.4 Å². The smallest absolute Gasteiger partial charge is 0.283 e. The highest BCUT2D eigenvalue weighted by Crippen LogP contribution is 2.25. The lowest BCUT2D eigenvalue weighted by Crippen LogP contribution is -2.44. The number of benzene rings is 1. The average molecular weight is 317 g/mol. The Kier molecular flexibility index (Phi) is 5.25. The van der Waals surface area contributed by atoms with Crippen molar-refractivity contribution in [2.75, 3.05) is 6.61 Å². The highest BCUT2D eigenvalue weighted by atomic mass is 79.9. The number of nitro groups is 1. The van der Waals surface area contributed by atoms with Crippen LogP contribution in [0.3, 0.4) is 0 Å². The van der Waals surface area contributed by atoms with Gasteiger partial charge in [0.2, 0.25) is 0 Å². The van der Waals surface area contributed by atoms with Gasteiger partial charge < -0.3 is 10.4 Å². The van der Waals surface area contributed by atoms with Gasteiger partial charge in [-0.3, -0.25) is 10.1 Å². The van der Waals surface area contributed by atoms with Gasteiger partial charge in [0.15, 0.2) is 0 Å². The monoisotopic (exact) mass is 316 g/mol. The van der Waals surface area contributed by atoms with Gasteiger partial charge in [-0.2, -0.15) is 0 Å². The second-order valence-corrected chi connectivity index (χ2v) is 5.32. The molecule has 0 heterocycles. The molecule has 0 radical (unpaired) electrons. The predicted octanol–water partition coefficient (Wildman–Crippen LogP) is 2.61. The first-order valence-corrected chi connectivity index (χ1v) is 6.50. The molecule has 18 heavy (non-hydrogen) atoms. The number of hydrogen-bond donors (Lipinski definition) is 2. The molecule has 2 N–H and O–H groups in total. The average Bonchev–Trinajstić information content (AvgIpc) is 2.37. The van der Waals surface area contributed by atoms with Crippen LogP contribution in [0.25, 0.3) is 0 Å². The molecule has 0 amide bonds. The van der Waals surface area contributed by atoms with E-state index in [4.69, 9.17) is 0 Å². The molecule has 1 rings (SSSR count). The second kappa shape index (κ2) is 6.26. The Morgan fingerprint density at radius 2 is 2.22 bits per heavy atom. The molecular weight excluding hydrogens is 300 g/mol. The zero-order valence-electron chi connectivity index (χ0n) is 10.4. The molecule has 0 spiro atoms. The normalized spacial score (nSPS) is 14.2. The number of rotatable bonds is 6. The molecule has 0 saturated heterocycles. The Morgan fingerprint density at radius 1 is 1.56 bits per heavy atom. The maximum Gasteiger partial charge on any atom is 0.283 e. The number of nitrogens with zero attached hydrogens (tertiary/aromatic N) is 1. The van der Waals surface area contributed by atoms with E-state index in [9.17, 15) is 15.2 Å². The van der Waals surface area contributed by atoms with E-state index < -0.39 is 4.92 Å². The van der Waals surface area contributed by atoms with Gasteiger partial charge in [0, 0.05) is 18.2 Å². The van der Waals surface area contributed by atoms with Crippen LogP contribution in [-0.2, 0) is 6.54 Å². The summed E-state index contributed by atoms with van der Waals surface area (Å²) in [4.78, 5) is 10.4. The first-order valence-electron chi connectivity index (χ1n) is 5.70.